The molecule has 0 aliphatic carbocycles. The number of nitrogens with two attached hydrogens (primary N) is 1. The third kappa shape index (κ3) is 4.27. The second-order valence-electron chi connectivity index (χ2n) is 5.00. The van der Waals surface area contributed by atoms with Crippen molar-refractivity contribution < 1.29 is 9.47 Å². The molecule has 5 heteroatoms. The van der Waals surface area contributed by atoms with E-state index in [0.717, 1.165) is 33.3 Å². The van der Waals surface area contributed by atoms with E-state index in [4.69, 9.17) is 15.2 Å². The molecular formula is C16H22N2O2S. The third-order valence-corrected chi connectivity index (χ3v) is 4.49. The van der Waals surface area contributed by atoms with Gasteiger partial charge in [-0.05, 0) is 25.5 Å². The van der Waals surface area contributed by atoms with Crippen LogP contribution in [0.5, 0.6) is 5.75 Å². The summed E-state index contributed by atoms with van der Waals surface area (Å²) in [4.78, 5) is 5.71. The van der Waals surface area contributed by atoms with Crippen LogP contribution in [0.3, 0.4) is 0 Å². The second-order valence-corrected chi connectivity index (χ2v) is 6.12. The van der Waals surface area contributed by atoms with E-state index in [1.807, 2.05) is 38.1 Å². The number of rotatable bonds is 7. The summed E-state index contributed by atoms with van der Waals surface area (Å²) in [5.41, 5.74) is 8.08. The fourth-order valence-corrected chi connectivity index (χ4v) is 3.09. The minimum Gasteiger partial charge on any atom is -0.493 e. The van der Waals surface area contributed by atoms with Crippen LogP contribution in [0.15, 0.2) is 24.3 Å². The smallest absolute Gasteiger partial charge is 0.122 e. The van der Waals surface area contributed by atoms with E-state index < -0.39 is 0 Å². The number of thiazole rings is 1. The van der Waals surface area contributed by atoms with Crippen molar-refractivity contribution in [1.29, 1.82) is 0 Å². The highest BCUT2D eigenvalue weighted by Gasteiger charge is 2.14. The highest BCUT2D eigenvalue weighted by atomic mass is 32.1. The van der Waals surface area contributed by atoms with E-state index in [9.17, 15) is 0 Å². The largest absolute Gasteiger partial charge is 0.493 e. The molecule has 2 aromatic rings. The molecule has 114 valence electrons. The summed E-state index contributed by atoms with van der Waals surface area (Å²) in [7, 11) is 1.67. The Labute approximate surface area is 129 Å². The highest BCUT2D eigenvalue weighted by molar-refractivity contribution is 7.11. The van der Waals surface area contributed by atoms with Crippen molar-refractivity contribution in [3.63, 3.8) is 0 Å². The van der Waals surface area contributed by atoms with E-state index in [0.29, 0.717) is 13.2 Å². The molecule has 1 heterocycles. The van der Waals surface area contributed by atoms with Crippen LogP contribution in [0.4, 0.5) is 0 Å². The Hall–Kier alpha value is -1.43. The summed E-state index contributed by atoms with van der Waals surface area (Å²) >= 11 is 1.65. The van der Waals surface area contributed by atoms with Gasteiger partial charge in [0, 0.05) is 24.4 Å². The maximum Gasteiger partial charge on any atom is 0.122 e. The molecule has 2 N–H and O–H groups in total. The fraction of sp³-hybridized carbons (Fsp3) is 0.438. The number of hydrogen-bond donors (Lipinski definition) is 1. The Morgan fingerprint density at radius 2 is 2.10 bits per heavy atom. The molecule has 1 unspecified atom stereocenters. The van der Waals surface area contributed by atoms with Crippen LogP contribution in [-0.2, 0) is 17.8 Å². The molecule has 1 aromatic carbocycles. The Morgan fingerprint density at radius 1 is 1.33 bits per heavy atom. The SMILES string of the molecule is COCc1nc(CCOc2ccccc2C)sc1C(C)N. The summed E-state index contributed by atoms with van der Waals surface area (Å²) in [5.74, 6) is 0.929. The van der Waals surface area contributed by atoms with Gasteiger partial charge in [-0.3, -0.25) is 0 Å². The Kier molecular flexibility index (Phi) is 5.73. The van der Waals surface area contributed by atoms with Gasteiger partial charge in [-0.2, -0.15) is 0 Å². The maximum atomic E-state index is 5.98. The van der Waals surface area contributed by atoms with Crippen LogP contribution in [0.25, 0.3) is 0 Å². The van der Waals surface area contributed by atoms with Crippen molar-refractivity contribution in [3.8, 4) is 5.75 Å². The fourth-order valence-electron chi connectivity index (χ4n) is 2.08. The van der Waals surface area contributed by atoms with Gasteiger partial charge in [-0.15, -0.1) is 11.3 Å². The lowest BCUT2D eigenvalue weighted by Crippen LogP contribution is -2.06. The predicted octanol–water partition coefficient (Wildman–Crippen LogP) is 3.24. The molecule has 0 aliphatic rings. The zero-order valence-electron chi connectivity index (χ0n) is 12.8. The average Bonchev–Trinajstić information content (AvgIpc) is 2.85. The normalized spacial score (nSPS) is 12.4. The van der Waals surface area contributed by atoms with Gasteiger partial charge in [0.05, 0.1) is 23.9 Å². The van der Waals surface area contributed by atoms with Crippen LogP contribution in [0.2, 0.25) is 0 Å². The number of aryl methyl sites for hydroxylation is 1. The van der Waals surface area contributed by atoms with Crippen LogP contribution < -0.4 is 10.5 Å². The van der Waals surface area contributed by atoms with Gasteiger partial charge in [0.1, 0.15) is 5.75 Å². The van der Waals surface area contributed by atoms with Gasteiger partial charge in [-0.25, -0.2) is 4.98 Å². The average molecular weight is 306 g/mol. The van der Waals surface area contributed by atoms with Crippen molar-refractivity contribution in [3.05, 3.63) is 45.4 Å². The van der Waals surface area contributed by atoms with Crippen LogP contribution in [-0.4, -0.2) is 18.7 Å². The van der Waals surface area contributed by atoms with Crippen molar-refractivity contribution >= 4 is 11.3 Å². The second kappa shape index (κ2) is 7.54. The topological polar surface area (TPSA) is 57.4 Å². The molecule has 0 spiro atoms. The highest BCUT2D eigenvalue weighted by Crippen LogP contribution is 2.25. The first-order valence-electron chi connectivity index (χ1n) is 7.03. The van der Waals surface area contributed by atoms with E-state index >= 15 is 0 Å². The lowest BCUT2D eigenvalue weighted by atomic mass is 10.2. The van der Waals surface area contributed by atoms with Gasteiger partial charge in [0.2, 0.25) is 0 Å². The first-order valence-corrected chi connectivity index (χ1v) is 7.85. The summed E-state index contributed by atoms with van der Waals surface area (Å²) < 4.78 is 11.0. The van der Waals surface area contributed by atoms with Crippen LogP contribution in [0.1, 0.15) is 34.1 Å². The minimum atomic E-state index is -0.0151. The zero-order valence-corrected chi connectivity index (χ0v) is 13.6. The van der Waals surface area contributed by atoms with Crippen molar-refractivity contribution in [2.24, 2.45) is 5.73 Å². The molecule has 1 atom stereocenters. The van der Waals surface area contributed by atoms with Gasteiger partial charge in [0.15, 0.2) is 0 Å². The van der Waals surface area contributed by atoms with Gasteiger partial charge in [0.25, 0.3) is 0 Å². The molecule has 0 saturated carbocycles. The number of ether oxygens (including phenoxy) is 2. The summed E-state index contributed by atoms with van der Waals surface area (Å²) in [5, 5.41) is 1.04. The van der Waals surface area contributed by atoms with Gasteiger partial charge in [-0.1, -0.05) is 18.2 Å². The Balaban J connectivity index is 1.97. The quantitative estimate of drug-likeness (QED) is 0.853. The Morgan fingerprint density at radius 3 is 2.76 bits per heavy atom. The molecule has 1 aromatic heterocycles. The molecule has 0 aliphatic heterocycles. The third-order valence-electron chi connectivity index (χ3n) is 3.13. The van der Waals surface area contributed by atoms with E-state index in [-0.39, 0.29) is 6.04 Å². The number of para-hydroxylation sites is 1. The summed E-state index contributed by atoms with van der Waals surface area (Å²) in [6, 6.07) is 8.01. The van der Waals surface area contributed by atoms with E-state index in [2.05, 4.69) is 4.98 Å². The first-order chi connectivity index (χ1) is 10.1. The van der Waals surface area contributed by atoms with E-state index in [1.165, 1.54) is 0 Å². The lowest BCUT2D eigenvalue weighted by Gasteiger charge is -2.07. The molecule has 0 fully saturated rings. The van der Waals surface area contributed by atoms with Crippen molar-refractivity contribution in [2.45, 2.75) is 32.9 Å². The molecule has 0 amide bonds. The molecule has 0 bridgehead atoms. The lowest BCUT2D eigenvalue weighted by molar-refractivity contribution is 0.181. The van der Waals surface area contributed by atoms with E-state index in [1.54, 1.807) is 18.4 Å². The Bertz CT molecular complexity index is 581. The molecule has 2 rings (SSSR count). The zero-order chi connectivity index (χ0) is 15.2. The standard InChI is InChI=1S/C16H22N2O2S/c1-11-6-4-5-7-14(11)20-9-8-15-18-13(10-19-3)16(21-15)12(2)17/h4-7,12H,8-10,17H2,1-3H3. The number of hydrogen-bond acceptors (Lipinski definition) is 5. The maximum absolute atomic E-state index is 5.98. The summed E-state index contributed by atoms with van der Waals surface area (Å²) in [6.07, 6.45) is 0.780. The molecular weight excluding hydrogens is 284 g/mol. The van der Waals surface area contributed by atoms with Gasteiger partial charge >= 0.3 is 0 Å². The number of methoxy groups -OCH3 is 1. The monoisotopic (exact) mass is 306 g/mol. The van der Waals surface area contributed by atoms with Gasteiger partial charge < -0.3 is 15.2 Å². The number of benzene rings is 1. The van der Waals surface area contributed by atoms with Crippen molar-refractivity contribution in [1.82, 2.24) is 4.98 Å². The van der Waals surface area contributed by atoms with Crippen molar-refractivity contribution in [2.75, 3.05) is 13.7 Å². The number of nitrogens with zero attached hydrogens (tertiary/aromatic N) is 1. The minimum absolute atomic E-state index is 0.0151. The summed E-state index contributed by atoms with van der Waals surface area (Å²) in [6.45, 7) is 5.14. The van der Waals surface area contributed by atoms with Crippen LogP contribution in [0, 0.1) is 6.92 Å². The molecule has 4 nitrogen and oxygen atoms in total. The predicted molar refractivity (Wildman–Crippen MR) is 85.8 cm³/mol. The first kappa shape index (κ1) is 15.9. The molecule has 0 radical (unpaired) electrons. The molecule has 21 heavy (non-hydrogen) atoms. The van der Waals surface area contributed by atoms with Crippen LogP contribution >= 0.6 is 11.3 Å². The number of aromatic nitrogens is 1. The molecule has 0 saturated heterocycles.